The van der Waals surface area contributed by atoms with Gasteiger partial charge < -0.3 is 10.2 Å². The maximum Gasteiger partial charge on any atom is 0.272 e. The SMILES string of the molecule is CCNc1ccc(C(=O)N2CCN(C)C(C)(C)C2)nc1. The number of rotatable bonds is 3. The quantitative estimate of drug-likeness (QED) is 0.912. The van der Waals surface area contributed by atoms with Crippen LogP contribution in [0.25, 0.3) is 0 Å². The van der Waals surface area contributed by atoms with E-state index in [0.717, 1.165) is 31.9 Å². The number of hydrogen-bond donors (Lipinski definition) is 1. The Kier molecular flexibility index (Phi) is 4.28. The van der Waals surface area contributed by atoms with Crippen molar-refractivity contribution in [2.24, 2.45) is 0 Å². The Morgan fingerprint density at radius 2 is 2.15 bits per heavy atom. The zero-order valence-electron chi connectivity index (χ0n) is 12.8. The van der Waals surface area contributed by atoms with Crippen LogP contribution in [0.1, 0.15) is 31.3 Å². The predicted octanol–water partition coefficient (Wildman–Crippen LogP) is 1.68. The van der Waals surface area contributed by atoms with Crippen LogP contribution in [0.15, 0.2) is 18.3 Å². The number of likely N-dealkylation sites (N-methyl/N-ethyl adjacent to an activating group) is 1. The summed E-state index contributed by atoms with van der Waals surface area (Å²) in [7, 11) is 2.10. The van der Waals surface area contributed by atoms with Crippen molar-refractivity contribution in [2.75, 3.05) is 38.5 Å². The largest absolute Gasteiger partial charge is 0.384 e. The summed E-state index contributed by atoms with van der Waals surface area (Å²) in [4.78, 5) is 20.9. The normalized spacial score (nSPS) is 18.9. The van der Waals surface area contributed by atoms with E-state index in [-0.39, 0.29) is 11.4 Å². The number of anilines is 1. The summed E-state index contributed by atoms with van der Waals surface area (Å²) in [6.45, 7) is 9.60. The lowest BCUT2D eigenvalue weighted by atomic mass is 9.99. The minimum atomic E-state index is 0.0115. The van der Waals surface area contributed by atoms with Gasteiger partial charge in [0.25, 0.3) is 5.91 Å². The molecular weight excluding hydrogens is 252 g/mol. The van der Waals surface area contributed by atoms with E-state index in [2.05, 4.69) is 36.1 Å². The molecule has 0 bridgehead atoms. The Morgan fingerprint density at radius 1 is 1.40 bits per heavy atom. The van der Waals surface area contributed by atoms with Crippen molar-refractivity contribution in [1.29, 1.82) is 0 Å². The monoisotopic (exact) mass is 276 g/mol. The third-order valence-corrected chi connectivity index (χ3v) is 3.97. The number of pyridine rings is 1. The van der Waals surface area contributed by atoms with Crippen LogP contribution in [0.2, 0.25) is 0 Å². The summed E-state index contributed by atoms with van der Waals surface area (Å²) in [6, 6.07) is 3.70. The fourth-order valence-electron chi connectivity index (χ4n) is 2.40. The minimum Gasteiger partial charge on any atom is -0.384 e. The Morgan fingerprint density at radius 3 is 2.70 bits per heavy atom. The molecule has 2 heterocycles. The van der Waals surface area contributed by atoms with Gasteiger partial charge in [0, 0.05) is 31.7 Å². The number of nitrogens with zero attached hydrogens (tertiary/aromatic N) is 3. The molecule has 0 radical (unpaired) electrons. The van der Waals surface area contributed by atoms with E-state index in [4.69, 9.17) is 0 Å². The number of carbonyl (C=O) groups is 1. The van der Waals surface area contributed by atoms with Crippen molar-refractivity contribution in [3.8, 4) is 0 Å². The lowest BCUT2D eigenvalue weighted by Crippen LogP contribution is -2.58. The first kappa shape index (κ1) is 14.8. The Hall–Kier alpha value is -1.62. The van der Waals surface area contributed by atoms with E-state index in [0.29, 0.717) is 5.69 Å². The van der Waals surface area contributed by atoms with Crippen molar-refractivity contribution >= 4 is 11.6 Å². The van der Waals surface area contributed by atoms with E-state index in [9.17, 15) is 4.79 Å². The number of piperazine rings is 1. The molecule has 20 heavy (non-hydrogen) atoms. The van der Waals surface area contributed by atoms with Gasteiger partial charge in [-0.05, 0) is 40.0 Å². The Balaban J connectivity index is 2.07. The van der Waals surface area contributed by atoms with Crippen molar-refractivity contribution in [2.45, 2.75) is 26.3 Å². The molecule has 1 N–H and O–H groups in total. The molecule has 0 aliphatic carbocycles. The van der Waals surface area contributed by atoms with Crippen molar-refractivity contribution in [3.05, 3.63) is 24.0 Å². The third-order valence-electron chi connectivity index (χ3n) is 3.97. The summed E-state index contributed by atoms with van der Waals surface area (Å²) in [6.07, 6.45) is 1.72. The molecule has 1 aliphatic heterocycles. The highest BCUT2D eigenvalue weighted by Crippen LogP contribution is 2.20. The van der Waals surface area contributed by atoms with Crippen LogP contribution in [0.4, 0.5) is 5.69 Å². The maximum absolute atomic E-state index is 12.5. The average molecular weight is 276 g/mol. The van der Waals surface area contributed by atoms with E-state index < -0.39 is 0 Å². The molecular formula is C15H24N4O. The third kappa shape index (κ3) is 3.10. The fourth-order valence-corrected chi connectivity index (χ4v) is 2.40. The molecule has 0 unspecified atom stereocenters. The van der Waals surface area contributed by atoms with Gasteiger partial charge in [0.1, 0.15) is 5.69 Å². The van der Waals surface area contributed by atoms with Crippen LogP contribution >= 0.6 is 0 Å². The number of carbonyl (C=O) groups excluding carboxylic acids is 1. The second-order valence-electron chi connectivity index (χ2n) is 5.92. The van der Waals surface area contributed by atoms with Crippen LogP contribution < -0.4 is 5.32 Å². The number of nitrogens with one attached hydrogen (secondary N) is 1. The van der Waals surface area contributed by atoms with Crippen LogP contribution in [-0.4, -0.2) is 59.5 Å². The minimum absolute atomic E-state index is 0.0115. The van der Waals surface area contributed by atoms with E-state index in [1.807, 2.05) is 17.9 Å². The first-order chi connectivity index (χ1) is 9.44. The summed E-state index contributed by atoms with van der Waals surface area (Å²) in [5.41, 5.74) is 1.48. The molecule has 1 aromatic heterocycles. The predicted molar refractivity (Wildman–Crippen MR) is 81.0 cm³/mol. The van der Waals surface area contributed by atoms with Gasteiger partial charge in [-0.3, -0.25) is 9.69 Å². The van der Waals surface area contributed by atoms with Gasteiger partial charge in [-0.1, -0.05) is 0 Å². The zero-order chi connectivity index (χ0) is 14.8. The second kappa shape index (κ2) is 5.79. The van der Waals surface area contributed by atoms with Crippen LogP contribution in [0.5, 0.6) is 0 Å². The average Bonchev–Trinajstić information content (AvgIpc) is 2.42. The Bertz CT molecular complexity index is 469. The van der Waals surface area contributed by atoms with E-state index >= 15 is 0 Å². The summed E-state index contributed by atoms with van der Waals surface area (Å²) < 4.78 is 0. The Labute approximate surface area is 121 Å². The van der Waals surface area contributed by atoms with Crippen LogP contribution in [0, 0.1) is 0 Å². The molecule has 0 atom stereocenters. The molecule has 5 nitrogen and oxygen atoms in total. The van der Waals surface area contributed by atoms with Gasteiger partial charge in [-0.25, -0.2) is 4.98 Å². The molecule has 0 aromatic carbocycles. The molecule has 1 saturated heterocycles. The van der Waals surface area contributed by atoms with Gasteiger partial charge in [0.15, 0.2) is 0 Å². The molecule has 0 saturated carbocycles. The molecule has 110 valence electrons. The number of hydrogen-bond acceptors (Lipinski definition) is 4. The standard InChI is InChI=1S/C15H24N4O/c1-5-16-12-6-7-13(17-10-12)14(20)19-9-8-18(4)15(2,3)11-19/h6-7,10,16H,5,8-9,11H2,1-4H3. The van der Waals surface area contributed by atoms with Gasteiger partial charge >= 0.3 is 0 Å². The highest BCUT2D eigenvalue weighted by molar-refractivity contribution is 5.92. The van der Waals surface area contributed by atoms with Gasteiger partial charge in [0.05, 0.1) is 11.9 Å². The molecule has 1 aliphatic rings. The molecule has 5 heteroatoms. The van der Waals surface area contributed by atoms with E-state index in [1.54, 1.807) is 12.3 Å². The van der Waals surface area contributed by atoms with Crippen molar-refractivity contribution < 1.29 is 4.79 Å². The number of amides is 1. The van der Waals surface area contributed by atoms with Crippen molar-refractivity contribution in [3.63, 3.8) is 0 Å². The van der Waals surface area contributed by atoms with Crippen LogP contribution in [-0.2, 0) is 0 Å². The molecule has 1 fully saturated rings. The molecule has 0 spiro atoms. The molecule has 2 rings (SSSR count). The second-order valence-corrected chi connectivity index (χ2v) is 5.92. The lowest BCUT2D eigenvalue weighted by molar-refractivity contribution is 0.0307. The summed E-state index contributed by atoms with van der Waals surface area (Å²) in [5, 5.41) is 3.18. The molecule has 1 aromatic rings. The zero-order valence-corrected chi connectivity index (χ0v) is 12.8. The van der Waals surface area contributed by atoms with E-state index in [1.165, 1.54) is 0 Å². The fraction of sp³-hybridized carbons (Fsp3) is 0.600. The van der Waals surface area contributed by atoms with Gasteiger partial charge in [-0.15, -0.1) is 0 Å². The smallest absolute Gasteiger partial charge is 0.272 e. The van der Waals surface area contributed by atoms with Crippen LogP contribution in [0.3, 0.4) is 0 Å². The van der Waals surface area contributed by atoms with Gasteiger partial charge in [0.2, 0.25) is 0 Å². The molecule has 1 amide bonds. The topological polar surface area (TPSA) is 48.5 Å². The van der Waals surface area contributed by atoms with Crippen molar-refractivity contribution in [1.82, 2.24) is 14.8 Å². The first-order valence-corrected chi connectivity index (χ1v) is 7.14. The van der Waals surface area contributed by atoms with Gasteiger partial charge in [-0.2, -0.15) is 0 Å². The lowest BCUT2D eigenvalue weighted by Gasteiger charge is -2.45. The maximum atomic E-state index is 12.5. The highest BCUT2D eigenvalue weighted by Gasteiger charge is 2.33. The number of aromatic nitrogens is 1. The highest BCUT2D eigenvalue weighted by atomic mass is 16.2. The first-order valence-electron chi connectivity index (χ1n) is 7.14. The summed E-state index contributed by atoms with van der Waals surface area (Å²) >= 11 is 0. The summed E-state index contributed by atoms with van der Waals surface area (Å²) in [5.74, 6) is 0.0224.